The normalized spacial score (nSPS) is 17.3. The van der Waals surface area contributed by atoms with E-state index in [2.05, 4.69) is 23.1 Å². The van der Waals surface area contributed by atoms with Crippen LogP contribution in [0.4, 0.5) is 0 Å². The molecular weight excluding hydrogens is 401 g/mol. The van der Waals surface area contributed by atoms with Crippen LogP contribution >= 0.6 is 34.5 Å². The maximum Gasteiger partial charge on any atom is 0.306 e. The first-order valence-electron chi connectivity index (χ1n) is 8.94. The first-order valence-corrected chi connectivity index (χ1v) is 10.5. The SMILES string of the molecule is O=C(O)C1CCN(C(c2cc3ccccc3s2)c2cccc(Cl)c2Cl)CC1. The standard InChI is InChI=1S/C21H19Cl2NO2S/c22-16-6-3-5-15(19(16)23)20(24-10-8-13(9-11-24)21(25)26)18-12-14-4-1-2-7-17(14)27-18/h1-7,12-13,20H,8-11H2,(H,25,26). The first-order chi connectivity index (χ1) is 13.0. The zero-order valence-electron chi connectivity index (χ0n) is 14.6. The van der Waals surface area contributed by atoms with Gasteiger partial charge in [0, 0.05) is 9.58 Å². The average molecular weight is 420 g/mol. The number of thiophene rings is 1. The fourth-order valence-corrected chi connectivity index (χ4v) is 5.43. The number of carboxylic acid groups (broad SMARTS) is 1. The summed E-state index contributed by atoms with van der Waals surface area (Å²) in [6.45, 7) is 1.44. The van der Waals surface area contributed by atoms with Crippen molar-refractivity contribution < 1.29 is 9.90 Å². The van der Waals surface area contributed by atoms with Crippen LogP contribution in [0.25, 0.3) is 10.1 Å². The van der Waals surface area contributed by atoms with Crippen molar-refractivity contribution in [3.05, 3.63) is 69.0 Å². The van der Waals surface area contributed by atoms with Crippen LogP contribution in [-0.4, -0.2) is 29.1 Å². The van der Waals surface area contributed by atoms with E-state index in [0.717, 1.165) is 18.7 Å². The molecule has 1 aromatic heterocycles. The van der Waals surface area contributed by atoms with Crippen LogP contribution in [0.5, 0.6) is 0 Å². The van der Waals surface area contributed by atoms with Crippen molar-refractivity contribution in [1.29, 1.82) is 0 Å². The van der Waals surface area contributed by atoms with Gasteiger partial charge < -0.3 is 5.11 Å². The molecule has 140 valence electrons. The Morgan fingerprint density at radius 2 is 1.85 bits per heavy atom. The lowest BCUT2D eigenvalue weighted by Gasteiger charge is -2.36. The molecule has 4 rings (SSSR count). The highest BCUT2D eigenvalue weighted by molar-refractivity contribution is 7.19. The quantitative estimate of drug-likeness (QED) is 0.555. The van der Waals surface area contributed by atoms with Crippen LogP contribution in [0, 0.1) is 5.92 Å². The molecule has 0 spiro atoms. The number of likely N-dealkylation sites (tertiary alicyclic amines) is 1. The Morgan fingerprint density at radius 3 is 2.56 bits per heavy atom. The van der Waals surface area contributed by atoms with E-state index in [1.807, 2.05) is 24.3 Å². The van der Waals surface area contributed by atoms with Crippen molar-refractivity contribution in [2.24, 2.45) is 5.92 Å². The van der Waals surface area contributed by atoms with Crippen molar-refractivity contribution in [2.75, 3.05) is 13.1 Å². The van der Waals surface area contributed by atoms with Crippen LogP contribution in [0.3, 0.4) is 0 Å². The number of carbonyl (C=O) groups is 1. The molecule has 1 aliphatic heterocycles. The van der Waals surface area contributed by atoms with Gasteiger partial charge in [-0.1, -0.05) is 53.5 Å². The fraction of sp³-hybridized carbons (Fsp3) is 0.286. The van der Waals surface area contributed by atoms with Gasteiger partial charge in [-0.25, -0.2) is 0 Å². The highest BCUT2D eigenvalue weighted by atomic mass is 35.5. The van der Waals surface area contributed by atoms with Crippen molar-refractivity contribution in [3.8, 4) is 0 Å². The van der Waals surface area contributed by atoms with Gasteiger partial charge >= 0.3 is 5.97 Å². The summed E-state index contributed by atoms with van der Waals surface area (Å²) in [6.07, 6.45) is 1.30. The molecule has 0 amide bonds. The lowest BCUT2D eigenvalue weighted by molar-refractivity contribution is -0.143. The molecule has 1 aliphatic rings. The number of nitrogens with zero attached hydrogens (tertiary/aromatic N) is 1. The van der Waals surface area contributed by atoms with Gasteiger partial charge in [-0.2, -0.15) is 0 Å². The zero-order chi connectivity index (χ0) is 19.0. The number of piperidine rings is 1. The van der Waals surface area contributed by atoms with Crippen LogP contribution < -0.4 is 0 Å². The molecule has 0 aliphatic carbocycles. The molecule has 2 aromatic carbocycles. The van der Waals surface area contributed by atoms with Crippen LogP contribution in [-0.2, 0) is 4.79 Å². The molecule has 1 N–H and O–H groups in total. The summed E-state index contributed by atoms with van der Waals surface area (Å²) in [7, 11) is 0. The van der Waals surface area contributed by atoms with E-state index in [-0.39, 0.29) is 12.0 Å². The highest BCUT2D eigenvalue weighted by Gasteiger charge is 2.32. The molecule has 0 bridgehead atoms. The summed E-state index contributed by atoms with van der Waals surface area (Å²) in [5.74, 6) is -0.965. The fourth-order valence-electron chi connectivity index (χ4n) is 3.80. The summed E-state index contributed by atoms with van der Waals surface area (Å²) >= 11 is 14.6. The predicted octanol–water partition coefficient (Wildman–Crippen LogP) is 6.09. The van der Waals surface area contributed by atoms with Gasteiger partial charge in [0.15, 0.2) is 0 Å². The van der Waals surface area contributed by atoms with Crippen molar-refractivity contribution in [3.63, 3.8) is 0 Å². The molecule has 2 heterocycles. The minimum atomic E-state index is -0.700. The molecule has 6 heteroatoms. The Kier molecular flexibility index (Phi) is 5.42. The van der Waals surface area contributed by atoms with E-state index in [1.165, 1.54) is 15.0 Å². The summed E-state index contributed by atoms with van der Waals surface area (Å²) in [5.41, 5.74) is 0.976. The van der Waals surface area contributed by atoms with E-state index in [0.29, 0.717) is 22.9 Å². The third kappa shape index (κ3) is 3.72. The number of carboxylic acids is 1. The second kappa shape index (κ2) is 7.80. The van der Waals surface area contributed by atoms with Gasteiger partial charge in [-0.05, 0) is 55.1 Å². The van der Waals surface area contributed by atoms with Crippen LogP contribution in [0.15, 0.2) is 48.5 Å². The Bertz CT molecular complexity index is 946. The third-order valence-corrected chi connectivity index (χ3v) is 7.24. The van der Waals surface area contributed by atoms with Crippen LogP contribution in [0.1, 0.15) is 29.3 Å². The van der Waals surface area contributed by atoms with Gasteiger partial charge in [0.1, 0.15) is 0 Å². The highest BCUT2D eigenvalue weighted by Crippen LogP contribution is 2.42. The number of hydrogen-bond acceptors (Lipinski definition) is 3. The molecule has 27 heavy (non-hydrogen) atoms. The Hall–Kier alpha value is -1.59. The number of fused-ring (bicyclic) bond motifs is 1. The maximum atomic E-state index is 11.3. The summed E-state index contributed by atoms with van der Waals surface area (Å²) in [5, 5.41) is 11.6. The van der Waals surface area contributed by atoms with E-state index in [4.69, 9.17) is 23.2 Å². The lowest BCUT2D eigenvalue weighted by Crippen LogP contribution is -2.39. The molecule has 1 unspecified atom stereocenters. The summed E-state index contributed by atoms with van der Waals surface area (Å²) in [6, 6.07) is 16.3. The predicted molar refractivity (Wildman–Crippen MR) is 112 cm³/mol. The number of aliphatic carboxylic acids is 1. The monoisotopic (exact) mass is 419 g/mol. The zero-order valence-corrected chi connectivity index (χ0v) is 16.9. The van der Waals surface area contributed by atoms with E-state index < -0.39 is 5.97 Å². The first kappa shape index (κ1) is 18.8. The number of rotatable bonds is 4. The number of halogens is 2. The minimum Gasteiger partial charge on any atom is -0.481 e. The smallest absolute Gasteiger partial charge is 0.306 e. The molecule has 1 atom stereocenters. The molecule has 1 saturated heterocycles. The number of hydrogen-bond donors (Lipinski definition) is 1. The number of benzene rings is 2. The summed E-state index contributed by atoms with van der Waals surface area (Å²) < 4.78 is 1.23. The van der Waals surface area contributed by atoms with Crippen LogP contribution in [0.2, 0.25) is 10.0 Å². The largest absolute Gasteiger partial charge is 0.481 e. The Labute approximate surface area is 172 Å². The second-order valence-electron chi connectivity index (χ2n) is 6.88. The molecule has 1 fully saturated rings. The molecule has 3 nitrogen and oxygen atoms in total. The van der Waals surface area contributed by atoms with Crippen molar-refractivity contribution in [1.82, 2.24) is 4.90 Å². The van der Waals surface area contributed by atoms with Crippen molar-refractivity contribution >= 4 is 50.6 Å². The van der Waals surface area contributed by atoms with E-state index >= 15 is 0 Å². The average Bonchev–Trinajstić information content (AvgIpc) is 3.09. The van der Waals surface area contributed by atoms with Gasteiger partial charge in [0.05, 0.1) is 22.0 Å². The van der Waals surface area contributed by atoms with Gasteiger partial charge in [0.2, 0.25) is 0 Å². The van der Waals surface area contributed by atoms with Gasteiger partial charge in [0.25, 0.3) is 0 Å². The Morgan fingerprint density at radius 1 is 1.11 bits per heavy atom. The minimum absolute atomic E-state index is 0.0247. The Balaban J connectivity index is 1.76. The van der Waals surface area contributed by atoms with E-state index in [1.54, 1.807) is 17.4 Å². The topological polar surface area (TPSA) is 40.5 Å². The van der Waals surface area contributed by atoms with Gasteiger partial charge in [-0.15, -0.1) is 11.3 Å². The van der Waals surface area contributed by atoms with Gasteiger partial charge in [-0.3, -0.25) is 9.69 Å². The molecular formula is C21H19Cl2NO2S. The molecule has 0 radical (unpaired) electrons. The van der Waals surface area contributed by atoms with E-state index in [9.17, 15) is 9.90 Å². The maximum absolute atomic E-state index is 11.3. The lowest BCUT2D eigenvalue weighted by atomic mass is 9.93. The summed E-state index contributed by atoms with van der Waals surface area (Å²) in [4.78, 5) is 14.9. The van der Waals surface area contributed by atoms with Crippen molar-refractivity contribution in [2.45, 2.75) is 18.9 Å². The molecule has 0 saturated carbocycles. The second-order valence-corrected chi connectivity index (χ2v) is 8.78. The molecule has 3 aromatic rings. The third-order valence-electron chi connectivity index (χ3n) is 5.23.